The Kier molecular flexibility index (Phi) is 4.61. The first kappa shape index (κ1) is 14.1. The predicted octanol–water partition coefficient (Wildman–Crippen LogP) is 2.66. The van der Waals surface area contributed by atoms with Crippen LogP contribution in [0.2, 0.25) is 0 Å². The summed E-state index contributed by atoms with van der Waals surface area (Å²) in [4.78, 5) is 8.92. The third-order valence-electron chi connectivity index (χ3n) is 3.17. The van der Waals surface area contributed by atoms with Crippen molar-refractivity contribution in [1.82, 2.24) is 9.88 Å². The van der Waals surface area contributed by atoms with E-state index in [2.05, 4.69) is 47.9 Å². The summed E-state index contributed by atoms with van der Waals surface area (Å²) in [5, 5.41) is 0. The highest BCUT2D eigenvalue weighted by Crippen LogP contribution is 2.32. The van der Waals surface area contributed by atoms with Gasteiger partial charge in [0, 0.05) is 19.6 Å². The second-order valence-electron chi connectivity index (χ2n) is 4.99. The van der Waals surface area contributed by atoms with Gasteiger partial charge in [-0.15, -0.1) is 11.3 Å². The summed E-state index contributed by atoms with van der Waals surface area (Å²) < 4.78 is 1.16. The molecule has 19 heavy (non-hydrogen) atoms. The van der Waals surface area contributed by atoms with Crippen LogP contribution < -0.4 is 10.6 Å². The summed E-state index contributed by atoms with van der Waals surface area (Å²) in [6, 6.07) is 4.25. The Bertz CT molecular complexity index is 535. The lowest BCUT2D eigenvalue weighted by atomic mass is 10.2. The lowest BCUT2D eigenvalue weighted by Gasteiger charge is -2.27. The average Bonchev–Trinajstić information content (AvgIpc) is 2.84. The molecule has 4 nitrogen and oxygen atoms in total. The van der Waals surface area contributed by atoms with Gasteiger partial charge < -0.3 is 15.5 Å². The lowest BCUT2D eigenvalue weighted by Crippen LogP contribution is -2.32. The number of nitrogens with zero attached hydrogens (tertiary/aromatic N) is 3. The van der Waals surface area contributed by atoms with Crippen molar-refractivity contribution in [3.63, 3.8) is 0 Å². The molecule has 2 N–H and O–H groups in total. The Morgan fingerprint density at radius 3 is 2.68 bits per heavy atom. The molecule has 0 aliphatic rings. The van der Waals surface area contributed by atoms with Crippen LogP contribution in [0, 0.1) is 0 Å². The van der Waals surface area contributed by atoms with E-state index >= 15 is 0 Å². The molecule has 1 aromatic heterocycles. The molecular formula is C14H22N4S. The van der Waals surface area contributed by atoms with E-state index in [0.29, 0.717) is 0 Å². The van der Waals surface area contributed by atoms with Crippen LogP contribution in [0.15, 0.2) is 17.6 Å². The standard InChI is InChI=1S/C14H22N4S/c1-4-7-18(9-8-17(2)3)11-5-6-12-14(13(11)15)16-10-19-12/h5-6,10H,4,7-9,15H2,1-3H3. The molecule has 5 heteroatoms. The van der Waals surface area contributed by atoms with Gasteiger partial charge in [-0.1, -0.05) is 6.92 Å². The molecule has 104 valence electrons. The number of likely N-dealkylation sites (N-methyl/N-ethyl adjacent to an activating group) is 1. The Labute approximate surface area is 118 Å². The van der Waals surface area contributed by atoms with Crippen molar-refractivity contribution in [3.8, 4) is 0 Å². The minimum atomic E-state index is 0.811. The van der Waals surface area contributed by atoms with E-state index in [0.717, 1.165) is 47.6 Å². The van der Waals surface area contributed by atoms with Gasteiger partial charge in [-0.2, -0.15) is 0 Å². The molecule has 0 spiro atoms. The number of hydrogen-bond acceptors (Lipinski definition) is 5. The van der Waals surface area contributed by atoms with Crippen LogP contribution >= 0.6 is 11.3 Å². The maximum absolute atomic E-state index is 6.29. The van der Waals surface area contributed by atoms with Gasteiger partial charge in [-0.25, -0.2) is 4.98 Å². The fourth-order valence-electron chi connectivity index (χ4n) is 2.16. The maximum Gasteiger partial charge on any atom is 0.106 e. The van der Waals surface area contributed by atoms with Crippen molar-refractivity contribution in [2.75, 3.05) is 44.4 Å². The van der Waals surface area contributed by atoms with Crippen LogP contribution in [0.3, 0.4) is 0 Å². The lowest BCUT2D eigenvalue weighted by molar-refractivity contribution is 0.413. The predicted molar refractivity (Wildman–Crippen MR) is 85.1 cm³/mol. The van der Waals surface area contributed by atoms with Crippen LogP contribution in [0.5, 0.6) is 0 Å². The van der Waals surface area contributed by atoms with Crippen LogP contribution in [-0.2, 0) is 0 Å². The molecule has 1 aromatic carbocycles. The average molecular weight is 278 g/mol. The Morgan fingerprint density at radius 1 is 1.21 bits per heavy atom. The minimum absolute atomic E-state index is 0.811. The molecule has 0 radical (unpaired) electrons. The molecule has 1 heterocycles. The van der Waals surface area contributed by atoms with Gasteiger partial charge >= 0.3 is 0 Å². The monoisotopic (exact) mass is 278 g/mol. The molecule has 2 aromatic rings. The van der Waals surface area contributed by atoms with Gasteiger partial charge in [0.25, 0.3) is 0 Å². The van der Waals surface area contributed by atoms with E-state index in [9.17, 15) is 0 Å². The third kappa shape index (κ3) is 3.16. The van der Waals surface area contributed by atoms with Crippen LogP contribution in [0.4, 0.5) is 11.4 Å². The summed E-state index contributed by atoms with van der Waals surface area (Å²) in [5.74, 6) is 0. The fraction of sp³-hybridized carbons (Fsp3) is 0.500. The normalized spacial score (nSPS) is 11.4. The molecule has 0 unspecified atom stereocenters. The van der Waals surface area contributed by atoms with Crippen LogP contribution in [-0.4, -0.2) is 43.6 Å². The topological polar surface area (TPSA) is 45.4 Å². The highest BCUT2D eigenvalue weighted by atomic mass is 32.1. The zero-order valence-electron chi connectivity index (χ0n) is 11.9. The number of anilines is 2. The first-order chi connectivity index (χ1) is 9.13. The van der Waals surface area contributed by atoms with Gasteiger partial charge in [0.2, 0.25) is 0 Å². The fourth-order valence-corrected chi connectivity index (χ4v) is 2.85. The third-order valence-corrected chi connectivity index (χ3v) is 3.96. The van der Waals surface area contributed by atoms with Crippen molar-refractivity contribution in [2.45, 2.75) is 13.3 Å². The van der Waals surface area contributed by atoms with Crippen molar-refractivity contribution >= 4 is 32.9 Å². The summed E-state index contributed by atoms with van der Waals surface area (Å²) in [6.07, 6.45) is 1.11. The molecule has 0 fully saturated rings. The SMILES string of the molecule is CCCN(CCN(C)C)c1ccc2scnc2c1N. The first-order valence-electron chi connectivity index (χ1n) is 6.64. The number of aromatic nitrogens is 1. The second-order valence-corrected chi connectivity index (χ2v) is 5.87. The van der Waals surface area contributed by atoms with Crippen molar-refractivity contribution in [3.05, 3.63) is 17.6 Å². The van der Waals surface area contributed by atoms with Gasteiger partial charge in [-0.05, 0) is 32.6 Å². The quantitative estimate of drug-likeness (QED) is 0.825. The Hall–Kier alpha value is -1.33. The number of nitrogens with two attached hydrogens (primary N) is 1. The molecule has 2 rings (SSSR count). The Morgan fingerprint density at radius 2 is 2.00 bits per heavy atom. The molecule has 0 atom stereocenters. The number of rotatable bonds is 6. The van der Waals surface area contributed by atoms with Crippen molar-refractivity contribution in [1.29, 1.82) is 0 Å². The summed E-state index contributed by atoms with van der Waals surface area (Å²) in [5.41, 5.74) is 11.0. The Balaban J connectivity index is 2.29. The number of benzene rings is 1. The summed E-state index contributed by atoms with van der Waals surface area (Å²) in [7, 11) is 4.19. The molecule has 0 aliphatic heterocycles. The number of fused-ring (bicyclic) bond motifs is 1. The van der Waals surface area contributed by atoms with Crippen molar-refractivity contribution in [2.24, 2.45) is 0 Å². The van der Waals surface area contributed by atoms with Gasteiger partial charge in [0.1, 0.15) is 5.52 Å². The van der Waals surface area contributed by atoms with E-state index in [1.165, 1.54) is 0 Å². The molecule has 0 bridgehead atoms. The highest BCUT2D eigenvalue weighted by Gasteiger charge is 2.13. The maximum atomic E-state index is 6.29. The zero-order chi connectivity index (χ0) is 13.8. The van der Waals surface area contributed by atoms with E-state index in [1.807, 2.05) is 5.51 Å². The highest BCUT2D eigenvalue weighted by molar-refractivity contribution is 7.16. The largest absolute Gasteiger partial charge is 0.395 e. The van der Waals surface area contributed by atoms with Crippen LogP contribution in [0.25, 0.3) is 10.2 Å². The summed E-state index contributed by atoms with van der Waals surface area (Å²) >= 11 is 1.64. The van der Waals surface area contributed by atoms with E-state index in [-0.39, 0.29) is 0 Å². The molecular weight excluding hydrogens is 256 g/mol. The smallest absolute Gasteiger partial charge is 0.106 e. The molecule has 0 amide bonds. The van der Waals surface area contributed by atoms with Gasteiger partial charge in [0.05, 0.1) is 21.6 Å². The van der Waals surface area contributed by atoms with E-state index in [4.69, 9.17) is 5.73 Å². The van der Waals surface area contributed by atoms with E-state index < -0.39 is 0 Å². The van der Waals surface area contributed by atoms with Crippen molar-refractivity contribution < 1.29 is 0 Å². The summed E-state index contributed by atoms with van der Waals surface area (Å²) in [6.45, 7) is 5.23. The second kappa shape index (κ2) is 6.21. The molecule has 0 saturated carbocycles. The molecule has 0 saturated heterocycles. The van der Waals surface area contributed by atoms with Gasteiger partial charge in [0.15, 0.2) is 0 Å². The number of hydrogen-bond donors (Lipinski definition) is 1. The molecule has 0 aliphatic carbocycles. The first-order valence-corrected chi connectivity index (χ1v) is 7.52. The zero-order valence-corrected chi connectivity index (χ0v) is 12.7. The minimum Gasteiger partial charge on any atom is -0.395 e. The van der Waals surface area contributed by atoms with Crippen LogP contribution in [0.1, 0.15) is 13.3 Å². The number of nitrogen functional groups attached to an aromatic ring is 1. The number of thiazole rings is 1. The van der Waals surface area contributed by atoms with E-state index in [1.54, 1.807) is 11.3 Å². The van der Waals surface area contributed by atoms with Gasteiger partial charge in [-0.3, -0.25) is 0 Å².